The predicted octanol–water partition coefficient (Wildman–Crippen LogP) is 6.01. The standard InChI is InChI=1S/C38H41N5O4/c1-46-35-23-32-34(40-26-30-10-6-16-43(30)38(32)45)24-36(35)47-21-7-15-41-17-19-42(20-18-41)37(44)31-11-4-5-12-33(31)39-25-27-13-14-28-8-2-3-9-29(28)22-27/h2-5,8-9,11-14,22-24,26,30,39H,6-7,10,15-21,25H2,1H3/t30-/m0/s1. The first-order valence-corrected chi connectivity index (χ1v) is 16.6. The highest BCUT2D eigenvalue weighted by Crippen LogP contribution is 2.38. The first-order valence-electron chi connectivity index (χ1n) is 16.6. The van der Waals surface area contributed by atoms with Crippen LogP contribution in [0.1, 0.15) is 45.5 Å². The molecule has 0 aliphatic carbocycles. The van der Waals surface area contributed by atoms with Crippen molar-refractivity contribution in [1.82, 2.24) is 14.7 Å². The molecule has 1 atom stereocenters. The van der Waals surface area contributed by atoms with E-state index in [2.05, 4.69) is 57.7 Å². The van der Waals surface area contributed by atoms with E-state index in [9.17, 15) is 9.59 Å². The molecule has 47 heavy (non-hydrogen) atoms. The van der Waals surface area contributed by atoms with Crippen molar-refractivity contribution in [1.29, 1.82) is 0 Å². The molecule has 242 valence electrons. The van der Waals surface area contributed by atoms with Gasteiger partial charge in [0, 0.05) is 63.8 Å². The van der Waals surface area contributed by atoms with Crippen molar-refractivity contribution in [3.05, 3.63) is 95.6 Å². The monoisotopic (exact) mass is 631 g/mol. The Labute approximate surface area is 275 Å². The van der Waals surface area contributed by atoms with E-state index in [-0.39, 0.29) is 17.9 Å². The number of carbonyl (C=O) groups excluding carboxylic acids is 2. The summed E-state index contributed by atoms with van der Waals surface area (Å²) in [6, 6.07) is 26.3. The average Bonchev–Trinajstić information content (AvgIpc) is 3.55. The largest absolute Gasteiger partial charge is 0.493 e. The van der Waals surface area contributed by atoms with Crippen LogP contribution in [-0.4, -0.2) is 91.8 Å². The summed E-state index contributed by atoms with van der Waals surface area (Å²) < 4.78 is 11.7. The van der Waals surface area contributed by atoms with E-state index in [4.69, 9.17) is 9.47 Å². The maximum atomic E-state index is 13.6. The Morgan fingerprint density at radius 3 is 2.57 bits per heavy atom. The summed E-state index contributed by atoms with van der Waals surface area (Å²) in [6.07, 6.45) is 4.66. The Bertz CT molecular complexity index is 1800. The SMILES string of the molecule is COc1cc2c(cc1OCCCN1CCN(C(=O)c3ccccc3NCc3ccc4ccccc4c3)CC1)N=C[C@@H]1CCCN1C2=O. The number of anilines is 1. The predicted molar refractivity (Wildman–Crippen MR) is 185 cm³/mol. The van der Waals surface area contributed by atoms with Gasteiger partial charge in [-0.05, 0) is 59.9 Å². The smallest absolute Gasteiger partial charge is 0.256 e. The maximum absolute atomic E-state index is 13.6. The van der Waals surface area contributed by atoms with Crippen molar-refractivity contribution in [3.63, 3.8) is 0 Å². The van der Waals surface area contributed by atoms with Crippen LogP contribution in [0.15, 0.2) is 83.9 Å². The van der Waals surface area contributed by atoms with E-state index in [0.717, 1.165) is 51.1 Å². The number of amides is 2. The van der Waals surface area contributed by atoms with Crippen molar-refractivity contribution in [2.45, 2.75) is 31.8 Å². The summed E-state index contributed by atoms with van der Waals surface area (Å²) in [5, 5.41) is 5.93. The van der Waals surface area contributed by atoms with Gasteiger partial charge >= 0.3 is 0 Å². The molecule has 7 rings (SSSR count). The average molecular weight is 632 g/mol. The van der Waals surface area contributed by atoms with Gasteiger partial charge in [-0.25, -0.2) is 0 Å². The minimum absolute atomic E-state index is 0.00300. The van der Waals surface area contributed by atoms with Gasteiger partial charge < -0.3 is 24.6 Å². The first kappa shape index (κ1) is 30.7. The number of ether oxygens (including phenoxy) is 2. The summed E-state index contributed by atoms with van der Waals surface area (Å²) in [4.78, 5) is 37.6. The topological polar surface area (TPSA) is 86.7 Å². The molecule has 0 unspecified atom stereocenters. The molecule has 2 amide bonds. The molecule has 4 aromatic carbocycles. The maximum Gasteiger partial charge on any atom is 0.256 e. The van der Waals surface area contributed by atoms with Gasteiger partial charge in [0.05, 0.1) is 36.6 Å². The van der Waals surface area contributed by atoms with E-state index in [1.54, 1.807) is 13.2 Å². The number of piperazine rings is 1. The Morgan fingerprint density at radius 2 is 1.72 bits per heavy atom. The summed E-state index contributed by atoms with van der Waals surface area (Å²) in [6.45, 7) is 5.78. The molecule has 3 aliphatic heterocycles. The number of carbonyl (C=O) groups is 2. The lowest BCUT2D eigenvalue weighted by Gasteiger charge is -2.35. The van der Waals surface area contributed by atoms with Crippen LogP contribution in [0.3, 0.4) is 0 Å². The van der Waals surface area contributed by atoms with E-state index in [1.165, 1.54) is 16.3 Å². The molecule has 1 N–H and O–H groups in total. The van der Waals surface area contributed by atoms with Crippen LogP contribution in [0.2, 0.25) is 0 Å². The fourth-order valence-electron chi connectivity index (χ4n) is 6.81. The van der Waals surface area contributed by atoms with Gasteiger partial charge in [0.25, 0.3) is 11.8 Å². The molecule has 0 radical (unpaired) electrons. The van der Waals surface area contributed by atoms with E-state index in [1.807, 2.05) is 46.3 Å². The molecule has 3 heterocycles. The van der Waals surface area contributed by atoms with Gasteiger partial charge in [0.1, 0.15) is 0 Å². The number of nitrogens with zero attached hydrogens (tertiary/aromatic N) is 4. The van der Waals surface area contributed by atoms with E-state index in [0.29, 0.717) is 54.6 Å². The fourth-order valence-corrected chi connectivity index (χ4v) is 6.81. The molecule has 9 heteroatoms. The summed E-state index contributed by atoms with van der Waals surface area (Å²) in [5.74, 6) is 1.21. The fraction of sp³-hybridized carbons (Fsp3) is 0.342. The van der Waals surface area contributed by atoms with Crippen molar-refractivity contribution in [2.24, 2.45) is 4.99 Å². The van der Waals surface area contributed by atoms with Gasteiger partial charge in [0.15, 0.2) is 11.5 Å². The third-order valence-electron chi connectivity index (χ3n) is 9.45. The molecule has 9 nitrogen and oxygen atoms in total. The molecule has 4 aromatic rings. The van der Waals surface area contributed by atoms with Gasteiger partial charge in [-0.1, -0.05) is 48.5 Å². The molecule has 0 saturated carbocycles. The van der Waals surface area contributed by atoms with Gasteiger partial charge in [-0.15, -0.1) is 0 Å². The van der Waals surface area contributed by atoms with Crippen LogP contribution in [-0.2, 0) is 6.54 Å². The number of methoxy groups -OCH3 is 1. The highest BCUT2D eigenvalue weighted by atomic mass is 16.5. The number of nitrogens with one attached hydrogen (secondary N) is 1. The Morgan fingerprint density at radius 1 is 0.915 bits per heavy atom. The van der Waals surface area contributed by atoms with Gasteiger partial charge in [0.2, 0.25) is 0 Å². The first-order chi connectivity index (χ1) is 23.1. The lowest BCUT2D eigenvalue weighted by atomic mass is 10.1. The second kappa shape index (κ2) is 13.8. The van der Waals surface area contributed by atoms with Crippen molar-refractivity contribution < 1.29 is 19.1 Å². The lowest BCUT2D eigenvalue weighted by molar-refractivity contribution is 0.0631. The number of aliphatic imine (C=N–C) groups is 1. The van der Waals surface area contributed by atoms with Crippen LogP contribution in [0.25, 0.3) is 10.8 Å². The zero-order valence-electron chi connectivity index (χ0n) is 26.9. The number of hydrogen-bond acceptors (Lipinski definition) is 7. The van der Waals surface area contributed by atoms with Crippen LogP contribution in [0.4, 0.5) is 11.4 Å². The van der Waals surface area contributed by atoms with Crippen molar-refractivity contribution in [2.75, 3.05) is 58.3 Å². The molecule has 2 fully saturated rings. The van der Waals surface area contributed by atoms with Crippen LogP contribution in [0.5, 0.6) is 11.5 Å². The molecule has 3 aliphatic rings. The molecule has 0 aromatic heterocycles. The Kier molecular flexibility index (Phi) is 9.06. The third-order valence-corrected chi connectivity index (χ3v) is 9.45. The zero-order valence-corrected chi connectivity index (χ0v) is 26.9. The number of benzene rings is 4. The summed E-state index contributed by atoms with van der Waals surface area (Å²) in [7, 11) is 1.60. The second-order valence-corrected chi connectivity index (χ2v) is 12.4. The lowest BCUT2D eigenvalue weighted by Crippen LogP contribution is -2.49. The molecular formula is C38H41N5O4. The van der Waals surface area contributed by atoms with Crippen LogP contribution >= 0.6 is 0 Å². The normalized spacial score (nSPS) is 17.7. The van der Waals surface area contributed by atoms with Crippen molar-refractivity contribution >= 4 is 40.2 Å². The summed E-state index contributed by atoms with van der Waals surface area (Å²) in [5.41, 5.74) is 3.93. The third kappa shape index (κ3) is 6.67. The Balaban J connectivity index is 0.897. The van der Waals surface area contributed by atoms with E-state index < -0.39 is 0 Å². The summed E-state index contributed by atoms with van der Waals surface area (Å²) >= 11 is 0. The highest BCUT2D eigenvalue weighted by molar-refractivity contribution is 6.03. The molecular weight excluding hydrogens is 590 g/mol. The minimum atomic E-state index is 0.00300. The minimum Gasteiger partial charge on any atom is -0.493 e. The second-order valence-electron chi connectivity index (χ2n) is 12.4. The number of rotatable bonds is 10. The van der Waals surface area contributed by atoms with Crippen molar-refractivity contribution in [3.8, 4) is 11.5 Å². The van der Waals surface area contributed by atoms with Gasteiger partial charge in [-0.3, -0.25) is 19.5 Å². The van der Waals surface area contributed by atoms with Crippen LogP contribution < -0.4 is 14.8 Å². The van der Waals surface area contributed by atoms with Gasteiger partial charge in [-0.2, -0.15) is 0 Å². The molecule has 2 saturated heterocycles. The zero-order chi connectivity index (χ0) is 32.2. The van der Waals surface area contributed by atoms with E-state index >= 15 is 0 Å². The highest BCUT2D eigenvalue weighted by Gasteiger charge is 2.32. The molecule has 0 bridgehead atoms. The number of fused-ring (bicyclic) bond motifs is 3. The number of para-hydroxylation sites is 1. The molecule has 0 spiro atoms. The number of hydrogen-bond donors (Lipinski definition) is 1. The Hall–Kier alpha value is -4.89. The quantitative estimate of drug-likeness (QED) is 0.216. The van der Waals surface area contributed by atoms with Crippen LogP contribution in [0, 0.1) is 0 Å².